The normalized spacial score (nSPS) is 11.5. The fourth-order valence-corrected chi connectivity index (χ4v) is 8.17. The van der Waals surface area contributed by atoms with Gasteiger partial charge < -0.3 is 23.9 Å². The van der Waals surface area contributed by atoms with Gasteiger partial charge in [-0.15, -0.1) is 0 Å². The zero-order valence-corrected chi connectivity index (χ0v) is 38.8. The van der Waals surface area contributed by atoms with Gasteiger partial charge in [0.2, 0.25) is 0 Å². The van der Waals surface area contributed by atoms with Crippen molar-refractivity contribution in [2.75, 3.05) is 26.4 Å². The summed E-state index contributed by atoms with van der Waals surface area (Å²) in [6.45, 7) is 11.6. The number of aromatic amines is 1. The summed E-state index contributed by atoms with van der Waals surface area (Å²) in [5.74, 6) is 2.86. The van der Waals surface area contributed by atoms with Gasteiger partial charge in [0.25, 0.3) is 5.56 Å². The Kier molecular flexibility index (Phi) is 28.9. The first-order chi connectivity index (χ1) is 29.1. The van der Waals surface area contributed by atoms with Gasteiger partial charge >= 0.3 is 0 Å². The monoisotopic (exact) mass is 820 g/mol. The molecule has 6 heteroatoms. The lowest BCUT2D eigenvalue weighted by molar-refractivity contribution is 0.258. The van der Waals surface area contributed by atoms with E-state index in [1.54, 1.807) is 0 Å². The van der Waals surface area contributed by atoms with E-state index in [0.717, 1.165) is 66.3 Å². The molecule has 0 fully saturated rings. The molecular weight excluding hydrogens is 731 g/mol. The molecule has 0 aliphatic heterocycles. The topological polar surface area (TPSA) is 69.8 Å². The third-order valence-electron chi connectivity index (χ3n) is 12.0. The van der Waals surface area contributed by atoms with E-state index in [1.807, 2.05) is 18.2 Å². The van der Waals surface area contributed by atoms with Crippen LogP contribution in [0.1, 0.15) is 233 Å². The summed E-state index contributed by atoms with van der Waals surface area (Å²) in [7, 11) is 0. The first-order valence-electron chi connectivity index (χ1n) is 25.3. The van der Waals surface area contributed by atoms with Crippen molar-refractivity contribution in [1.29, 1.82) is 0 Å². The van der Waals surface area contributed by atoms with Crippen molar-refractivity contribution in [3.05, 3.63) is 34.6 Å². The molecule has 0 aliphatic carbocycles. The number of ether oxygens (including phenoxy) is 4. The number of nitrogens with one attached hydrogen (secondary N) is 1. The quantitative estimate of drug-likeness (QED) is 0.0457. The van der Waals surface area contributed by atoms with Crippen LogP contribution in [0.15, 0.2) is 29.1 Å². The van der Waals surface area contributed by atoms with E-state index in [0.29, 0.717) is 43.3 Å². The van der Waals surface area contributed by atoms with Crippen molar-refractivity contribution in [2.45, 2.75) is 233 Å². The molecule has 0 spiro atoms. The first-order valence-corrected chi connectivity index (χ1v) is 25.3. The predicted molar refractivity (Wildman–Crippen MR) is 254 cm³/mol. The van der Waals surface area contributed by atoms with Gasteiger partial charge in [-0.3, -0.25) is 4.79 Å². The Labute approximate surface area is 361 Å². The van der Waals surface area contributed by atoms with Crippen molar-refractivity contribution in [3.63, 3.8) is 0 Å². The summed E-state index contributed by atoms with van der Waals surface area (Å²) in [6.07, 6.45) is 40.1. The number of unbranched alkanes of at least 4 members (excludes halogenated alkanes) is 28. The Bertz CT molecular complexity index is 1530. The number of hydrogen-bond acceptors (Lipinski definition) is 5. The van der Waals surface area contributed by atoms with Crippen LogP contribution >= 0.6 is 0 Å². The average molecular weight is 820 g/mol. The first kappa shape index (κ1) is 50.5. The van der Waals surface area contributed by atoms with Gasteiger partial charge in [0.05, 0.1) is 37.3 Å². The minimum atomic E-state index is -0.124. The SMILES string of the molecule is CCCCCCCCCCOc1cc2[nH]c(=O)c3cc(OCCCCCCCCCC)c(OCCCCCCCCCC)cc3c2cc1OCCCCCCCCCC. The zero-order valence-electron chi connectivity index (χ0n) is 38.8. The zero-order chi connectivity index (χ0) is 42.0. The molecule has 1 N–H and O–H groups in total. The number of fused-ring (bicyclic) bond motifs is 3. The van der Waals surface area contributed by atoms with Crippen LogP contribution in [0, 0.1) is 0 Å². The third-order valence-corrected chi connectivity index (χ3v) is 12.0. The second kappa shape index (κ2) is 33.8. The van der Waals surface area contributed by atoms with Crippen LogP contribution in [0.25, 0.3) is 21.7 Å². The highest BCUT2D eigenvalue weighted by Crippen LogP contribution is 2.39. The van der Waals surface area contributed by atoms with E-state index >= 15 is 0 Å². The van der Waals surface area contributed by atoms with Crippen LogP contribution in [0.3, 0.4) is 0 Å². The Hall–Kier alpha value is -2.89. The number of aromatic nitrogens is 1. The van der Waals surface area contributed by atoms with Crippen LogP contribution in [-0.2, 0) is 0 Å². The van der Waals surface area contributed by atoms with E-state index in [1.165, 1.54) is 167 Å². The Morgan fingerprint density at radius 1 is 0.322 bits per heavy atom. The predicted octanol–water partition coefficient (Wildman–Crippen LogP) is 16.8. The van der Waals surface area contributed by atoms with Gasteiger partial charge in [-0.1, -0.05) is 207 Å². The fraction of sp³-hybridized carbons (Fsp3) is 0.755. The summed E-state index contributed by atoms with van der Waals surface area (Å²) in [6, 6.07) is 8.03. The molecule has 2 aromatic carbocycles. The van der Waals surface area contributed by atoms with Crippen LogP contribution in [-0.4, -0.2) is 31.4 Å². The van der Waals surface area contributed by atoms with E-state index in [2.05, 4.69) is 38.7 Å². The molecule has 0 unspecified atom stereocenters. The standard InChI is InChI=1S/C53H89NO5/c1-5-9-13-17-21-25-29-33-37-56-49-41-45-46-42-50(57-38-34-30-26-22-18-14-10-6-2)52(59-40-36-32-28-24-20-16-12-8-4)44-48(46)54-53(55)47(45)43-51(49)58-39-35-31-27-23-19-15-11-7-3/h41-44H,5-40H2,1-4H3,(H,54,55). The second-order valence-electron chi connectivity index (χ2n) is 17.4. The van der Waals surface area contributed by atoms with Crippen molar-refractivity contribution >= 4 is 21.7 Å². The number of H-pyrrole nitrogens is 1. The number of rotatable bonds is 40. The van der Waals surface area contributed by atoms with Crippen molar-refractivity contribution in [2.24, 2.45) is 0 Å². The molecule has 0 saturated heterocycles. The van der Waals surface area contributed by atoms with Crippen LogP contribution in [0.4, 0.5) is 0 Å². The molecule has 3 aromatic rings. The highest BCUT2D eigenvalue weighted by molar-refractivity contribution is 6.07. The molecule has 0 radical (unpaired) electrons. The van der Waals surface area contributed by atoms with Gasteiger partial charge in [-0.05, 0) is 43.9 Å². The van der Waals surface area contributed by atoms with E-state index in [4.69, 9.17) is 18.9 Å². The lowest BCUT2D eigenvalue weighted by Gasteiger charge is -2.17. The Morgan fingerprint density at radius 3 is 0.898 bits per heavy atom. The van der Waals surface area contributed by atoms with Crippen molar-refractivity contribution in [1.82, 2.24) is 4.98 Å². The molecule has 1 heterocycles. The summed E-state index contributed by atoms with van der Waals surface area (Å²) >= 11 is 0. The molecule has 336 valence electrons. The molecule has 0 amide bonds. The number of benzene rings is 2. The lowest BCUT2D eigenvalue weighted by atomic mass is 10.0. The van der Waals surface area contributed by atoms with E-state index < -0.39 is 0 Å². The van der Waals surface area contributed by atoms with Crippen LogP contribution in [0.2, 0.25) is 0 Å². The molecule has 0 atom stereocenters. The molecular formula is C53H89NO5. The highest BCUT2D eigenvalue weighted by atomic mass is 16.5. The smallest absolute Gasteiger partial charge is 0.256 e. The lowest BCUT2D eigenvalue weighted by Crippen LogP contribution is -2.09. The summed E-state index contributed by atoms with van der Waals surface area (Å²) < 4.78 is 25.9. The molecule has 1 aromatic heterocycles. The van der Waals surface area contributed by atoms with Crippen molar-refractivity contribution < 1.29 is 18.9 Å². The highest BCUT2D eigenvalue weighted by Gasteiger charge is 2.17. The largest absolute Gasteiger partial charge is 0.490 e. The Balaban J connectivity index is 1.79. The van der Waals surface area contributed by atoms with Crippen molar-refractivity contribution in [3.8, 4) is 23.0 Å². The number of hydrogen-bond donors (Lipinski definition) is 1. The fourth-order valence-electron chi connectivity index (χ4n) is 8.17. The molecule has 3 rings (SSSR count). The maximum absolute atomic E-state index is 13.8. The van der Waals surface area contributed by atoms with E-state index in [9.17, 15) is 4.79 Å². The van der Waals surface area contributed by atoms with Gasteiger partial charge in [0, 0.05) is 16.8 Å². The third kappa shape index (κ3) is 21.5. The van der Waals surface area contributed by atoms with Crippen LogP contribution < -0.4 is 24.5 Å². The van der Waals surface area contributed by atoms with Gasteiger partial charge in [-0.25, -0.2) is 0 Å². The molecule has 0 bridgehead atoms. The molecule has 0 saturated carbocycles. The molecule has 59 heavy (non-hydrogen) atoms. The summed E-state index contributed by atoms with van der Waals surface area (Å²) in [5.41, 5.74) is 0.634. The van der Waals surface area contributed by atoms with Gasteiger partial charge in [-0.2, -0.15) is 0 Å². The van der Waals surface area contributed by atoms with Gasteiger partial charge in [0.15, 0.2) is 23.0 Å². The minimum absolute atomic E-state index is 0.124. The molecule has 6 nitrogen and oxygen atoms in total. The van der Waals surface area contributed by atoms with E-state index in [-0.39, 0.29) is 5.56 Å². The maximum Gasteiger partial charge on any atom is 0.256 e. The maximum atomic E-state index is 13.8. The average Bonchev–Trinajstić information content (AvgIpc) is 3.24. The number of pyridine rings is 1. The Morgan fingerprint density at radius 2 is 0.576 bits per heavy atom. The van der Waals surface area contributed by atoms with Gasteiger partial charge in [0.1, 0.15) is 0 Å². The summed E-state index contributed by atoms with van der Waals surface area (Å²) in [5, 5.41) is 2.42. The van der Waals surface area contributed by atoms with Crippen LogP contribution in [0.5, 0.6) is 23.0 Å². The summed E-state index contributed by atoms with van der Waals surface area (Å²) in [4.78, 5) is 16.9. The minimum Gasteiger partial charge on any atom is -0.490 e. The second-order valence-corrected chi connectivity index (χ2v) is 17.4. The molecule has 0 aliphatic rings.